The molecule has 0 fully saturated rings. The van der Waals surface area contributed by atoms with E-state index in [0.717, 1.165) is 11.2 Å². The van der Waals surface area contributed by atoms with Gasteiger partial charge >= 0.3 is 0 Å². The Balaban J connectivity index is 2.15. The first-order valence-corrected chi connectivity index (χ1v) is 5.28. The molecule has 2 heterocycles. The lowest BCUT2D eigenvalue weighted by Crippen LogP contribution is -1.84. The number of hydrogen-bond donors (Lipinski definition) is 0. The topological polar surface area (TPSA) is 30.2 Å². The largest absolute Gasteiger partial charge is 0.221 e. The Morgan fingerprint density at radius 3 is 2.56 bits per heavy atom. The van der Waals surface area contributed by atoms with Gasteiger partial charge in [0.15, 0.2) is 11.5 Å². The molecule has 0 aliphatic carbocycles. The van der Waals surface area contributed by atoms with Gasteiger partial charge in [-0.1, -0.05) is 17.7 Å². The number of nitrogens with zero attached hydrogens (tertiary/aromatic N) is 3. The number of pyridine rings is 1. The van der Waals surface area contributed by atoms with Gasteiger partial charge in [-0.3, -0.25) is 0 Å². The lowest BCUT2D eigenvalue weighted by molar-refractivity contribution is 0.966. The molecule has 16 heavy (non-hydrogen) atoms. The fraction of sp³-hybridized carbons (Fsp3) is 0. The van der Waals surface area contributed by atoms with E-state index in [1.807, 2.05) is 48.7 Å². The van der Waals surface area contributed by atoms with Crippen LogP contribution in [0.15, 0.2) is 48.7 Å². The average molecular weight is 230 g/mol. The molecule has 0 bridgehead atoms. The predicted molar refractivity (Wildman–Crippen MR) is 63.4 cm³/mol. The Kier molecular flexibility index (Phi) is 2.11. The van der Waals surface area contributed by atoms with E-state index in [4.69, 9.17) is 11.6 Å². The minimum absolute atomic E-state index is 0.711. The molecular weight excluding hydrogens is 222 g/mol. The van der Waals surface area contributed by atoms with Crippen LogP contribution in [0.2, 0.25) is 5.02 Å². The summed E-state index contributed by atoms with van der Waals surface area (Å²) in [6, 6.07) is 13.3. The van der Waals surface area contributed by atoms with Gasteiger partial charge in [0.05, 0.1) is 0 Å². The fourth-order valence-electron chi connectivity index (χ4n) is 1.55. The monoisotopic (exact) mass is 229 g/mol. The van der Waals surface area contributed by atoms with Crippen molar-refractivity contribution < 1.29 is 0 Å². The summed E-state index contributed by atoms with van der Waals surface area (Å²) in [6.07, 6.45) is 1.88. The highest BCUT2D eigenvalue weighted by Gasteiger charge is 2.04. The summed E-state index contributed by atoms with van der Waals surface area (Å²) in [5.74, 6) is 0.711. The van der Waals surface area contributed by atoms with Gasteiger partial charge in [0.1, 0.15) is 0 Å². The molecule has 3 aromatic rings. The second-order valence-electron chi connectivity index (χ2n) is 3.45. The van der Waals surface area contributed by atoms with Crippen molar-refractivity contribution in [1.29, 1.82) is 0 Å². The molecule has 0 saturated carbocycles. The molecule has 0 atom stereocenters. The van der Waals surface area contributed by atoms with Crippen LogP contribution in [-0.4, -0.2) is 14.6 Å². The van der Waals surface area contributed by atoms with Gasteiger partial charge in [-0.2, -0.15) is 0 Å². The van der Waals surface area contributed by atoms with Crippen molar-refractivity contribution in [3.63, 3.8) is 0 Å². The summed E-state index contributed by atoms with van der Waals surface area (Å²) in [5, 5.41) is 5.09. The van der Waals surface area contributed by atoms with Crippen LogP contribution in [0.5, 0.6) is 0 Å². The number of benzene rings is 1. The molecule has 78 valence electrons. The number of aromatic nitrogens is 3. The van der Waals surface area contributed by atoms with Crippen molar-refractivity contribution in [2.75, 3.05) is 0 Å². The van der Waals surface area contributed by atoms with Crippen LogP contribution in [-0.2, 0) is 0 Å². The first kappa shape index (κ1) is 9.36. The van der Waals surface area contributed by atoms with E-state index in [1.165, 1.54) is 0 Å². The Hall–Kier alpha value is -1.87. The molecule has 1 aromatic carbocycles. The summed E-state index contributed by atoms with van der Waals surface area (Å²) >= 11 is 5.83. The summed E-state index contributed by atoms with van der Waals surface area (Å²) in [7, 11) is 0. The third-order valence-corrected chi connectivity index (χ3v) is 2.60. The van der Waals surface area contributed by atoms with E-state index in [2.05, 4.69) is 10.1 Å². The van der Waals surface area contributed by atoms with Crippen molar-refractivity contribution >= 4 is 17.2 Å². The number of fused-ring (bicyclic) bond motifs is 1. The highest BCUT2D eigenvalue weighted by molar-refractivity contribution is 6.30. The minimum Gasteiger partial charge on any atom is -0.221 e. The lowest BCUT2D eigenvalue weighted by Gasteiger charge is -1.93. The fourth-order valence-corrected chi connectivity index (χ4v) is 1.68. The van der Waals surface area contributed by atoms with Crippen LogP contribution in [0.1, 0.15) is 0 Å². The van der Waals surface area contributed by atoms with Gasteiger partial charge in [-0.05, 0) is 36.4 Å². The van der Waals surface area contributed by atoms with Gasteiger partial charge < -0.3 is 0 Å². The van der Waals surface area contributed by atoms with Gasteiger partial charge in [-0.25, -0.2) is 9.50 Å². The minimum atomic E-state index is 0.711. The van der Waals surface area contributed by atoms with Crippen LogP contribution < -0.4 is 0 Å². The van der Waals surface area contributed by atoms with Crippen molar-refractivity contribution in [2.24, 2.45) is 0 Å². The quantitative estimate of drug-likeness (QED) is 0.642. The summed E-state index contributed by atoms with van der Waals surface area (Å²) in [6.45, 7) is 0. The maximum Gasteiger partial charge on any atom is 0.182 e. The number of halogens is 1. The van der Waals surface area contributed by atoms with Gasteiger partial charge in [0.25, 0.3) is 0 Å². The zero-order valence-electron chi connectivity index (χ0n) is 8.34. The van der Waals surface area contributed by atoms with Gasteiger partial charge in [0, 0.05) is 16.8 Å². The SMILES string of the molecule is Clc1ccc(-c2nc3ccccn3n2)cc1. The maximum atomic E-state index is 5.83. The summed E-state index contributed by atoms with van der Waals surface area (Å²) in [4.78, 5) is 4.42. The zero-order valence-corrected chi connectivity index (χ0v) is 9.09. The highest BCUT2D eigenvalue weighted by atomic mass is 35.5. The maximum absolute atomic E-state index is 5.83. The van der Waals surface area contributed by atoms with Gasteiger partial charge in [-0.15, -0.1) is 5.10 Å². The molecule has 0 spiro atoms. The van der Waals surface area contributed by atoms with Crippen LogP contribution in [0.4, 0.5) is 0 Å². The Bertz CT molecular complexity index is 595. The molecule has 4 heteroatoms. The van der Waals surface area contributed by atoms with E-state index in [1.54, 1.807) is 4.52 Å². The predicted octanol–water partition coefficient (Wildman–Crippen LogP) is 3.05. The smallest absolute Gasteiger partial charge is 0.182 e. The third-order valence-electron chi connectivity index (χ3n) is 2.34. The second-order valence-corrected chi connectivity index (χ2v) is 3.88. The first-order valence-electron chi connectivity index (χ1n) is 4.90. The molecule has 0 saturated heterocycles. The number of rotatable bonds is 1. The standard InChI is InChI=1S/C12H8ClN3/c13-10-6-4-9(5-7-10)12-14-11-3-1-2-8-16(11)15-12/h1-8H. The van der Waals surface area contributed by atoms with Crippen LogP contribution >= 0.6 is 11.6 Å². The Morgan fingerprint density at radius 2 is 1.81 bits per heavy atom. The van der Waals surface area contributed by atoms with E-state index in [9.17, 15) is 0 Å². The Morgan fingerprint density at radius 1 is 1.00 bits per heavy atom. The average Bonchev–Trinajstić information content (AvgIpc) is 2.73. The van der Waals surface area contributed by atoms with E-state index in [-0.39, 0.29) is 0 Å². The first-order chi connectivity index (χ1) is 7.83. The highest BCUT2D eigenvalue weighted by Crippen LogP contribution is 2.18. The molecule has 3 nitrogen and oxygen atoms in total. The molecule has 0 N–H and O–H groups in total. The molecule has 2 aromatic heterocycles. The molecule has 0 unspecified atom stereocenters. The van der Waals surface area contributed by atoms with Crippen molar-refractivity contribution in [2.45, 2.75) is 0 Å². The third kappa shape index (κ3) is 1.55. The van der Waals surface area contributed by atoms with Crippen molar-refractivity contribution in [3.05, 3.63) is 53.7 Å². The van der Waals surface area contributed by atoms with E-state index in [0.29, 0.717) is 10.8 Å². The van der Waals surface area contributed by atoms with Crippen molar-refractivity contribution in [1.82, 2.24) is 14.6 Å². The van der Waals surface area contributed by atoms with Crippen molar-refractivity contribution in [3.8, 4) is 11.4 Å². The van der Waals surface area contributed by atoms with Gasteiger partial charge in [0.2, 0.25) is 0 Å². The van der Waals surface area contributed by atoms with E-state index >= 15 is 0 Å². The summed E-state index contributed by atoms with van der Waals surface area (Å²) in [5.41, 5.74) is 1.81. The van der Waals surface area contributed by atoms with Crippen LogP contribution in [0, 0.1) is 0 Å². The molecule has 0 aliphatic heterocycles. The molecule has 3 rings (SSSR count). The normalized spacial score (nSPS) is 10.8. The molecular formula is C12H8ClN3. The van der Waals surface area contributed by atoms with E-state index < -0.39 is 0 Å². The zero-order chi connectivity index (χ0) is 11.0. The molecule has 0 radical (unpaired) electrons. The second kappa shape index (κ2) is 3.61. The summed E-state index contributed by atoms with van der Waals surface area (Å²) < 4.78 is 1.75. The Labute approximate surface area is 97.3 Å². The lowest BCUT2D eigenvalue weighted by atomic mass is 10.2. The van der Waals surface area contributed by atoms with Crippen LogP contribution in [0.25, 0.3) is 17.0 Å². The number of hydrogen-bond acceptors (Lipinski definition) is 2. The van der Waals surface area contributed by atoms with Crippen LogP contribution in [0.3, 0.4) is 0 Å². The molecule has 0 amide bonds. The molecule has 0 aliphatic rings.